The van der Waals surface area contributed by atoms with Crippen molar-refractivity contribution >= 4 is 5.97 Å². The van der Waals surface area contributed by atoms with E-state index < -0.39 is 5.97 Å². The van der Waals surface area contributed by atoms with Crippen LogP contribution in [0.5, 0.6) is 0 Å². The van der Waals surface area contributed by atoms with Crippen molar-refractivity contribution in [3.63, 3.8) is 0 Å². The Balaban J connectivity index is 2.27. The van der Waals surface area contributed by atoms with Gasteiger partial charge >= 0.3 is 5.97 Å². The van der Waals surface area contributed by atoms with Crippen LogP contribution in [0.1, 0.15) is 13.3 Å². The van der Waals surface area contributed by atoms with Gasteiger partial charge in [0.15, 0.2) is 0 Å². The molecule has 0 aromatic carbocycles. The van der Waals surface area contributed by atoms with E-state index in [0.29, 0.717) is 18.4 Å². The molecule has 4 heteroatoms. The number of hydrogen-bond acceptors (Lipinski definition) is 3. The zero-order valence-electron chi connectivity index (χ0n) is 7.94. The molecule has 0 radical (unpaired) electrons. The molecule has 1 aliphatic heterocycles. The van der Waals surface area contributed by atoms with Gasteiger partial charge in [0, 0.05) is 26.2 Å². The second-order valence-electron chi connectivity index (χ2n) is 3.82. The highest BCUT2D eigenvalue weighted by Gasteiger charge is 2.28. The van der Waals surface area contributed by atoms with Crippen LogP contribution in [0, 0.1) is 11.8 Å². The van der Waals surface area contributed by atoms with Crippen LogP contribution in [0.25, 0.3) is 0 Å². The average Bonchev–Trinajstić information content (AvgIpc) is 2.43. The Morgan fingerprint density at radius 2 is 2.23 bits per heavy atom. The Morgan fingerprint density at radius 1 is 1.54 bits per heavy atom. The van der Waals surface area contributed by atoms with Gasteiger partial charge in [0.25, 0.3) is 0 Å². The number of aliphatic hydroxyl groups is 1. The van der Waals surface area contributed by atoms with Crippen LogP contribution in [-0.2, 0) is 4.79 Å². The van der Waals surface area contributed by atoms with Crippen molar-refractivity contribution in [1.29, 1.82) is 0 Å². The van der Waals surface area contributed by atoms with Gasteiger partial charge in [-0.25, -0.2) is 0 Å². The first-order valence-electron chi connectivity index (χ1n) is 4.68. The van der Waals surface area contributed by atoms with Gasteiger partial charge in [0.2, 0.25) is 0 Å². The average molecular weight is 187 g/mol. The summed E-state index contributed by atoms with van der Waals surface area (Å²) in [5.41, 5.74) is 0. The fraction of sp³-hybridized carbons (Fsp3) is 0.889. The molecule has 13 heavy (non-hydrogen) atoms. The normalized spacial score (nSPS) is 29.4. The van der Waals surface area contributed by atoms with E-state index >= 15 is 0 Å². The third-order valence-corrected chi connectivity index (χ3v) is 2.72. The van der Waals surface area contributed by atoms with Crippen LogP contribution in [0.3, 0.4) is 0 Å². The monoisotopic (exact) mass is 187 g/mol. The molecular weight excluding hydrogens is 170 g/mol. The van der Waals surface area contributed by atoms with E-state index in [-0.39, 0.29) is 13.0 Å². The Hall–Kier alpha value is -0.610. The minimum atomic E-state index is -0.750. The number of carbonyl (C=O) groups is 1. The topological polar surface area (TPSA) is 60.8 Å². The quantitative estimate of drug-likeness (QED) is 0.651. The fourth-order valence-electron chi connectivity index (χ4n) is 1.82. The summed E-state index contributed by atoms with van der Waals surface area (Å²) in [6.07, 6.45) is 0.199. The van der Waals surface area contributed by atoms with Crippen LogP contribution >= 0.6 is 0 Å². The van der Waals surface area contributed by atoms with E-state index in [0.717, 1.165) is 13.1 Å². The van der Waals surface area contributed by atoms with E-state index in [1.165, 1.54) is 0 Å². The van der Waals surface area contributed by atoms with Gasteiger partial charge < -0.3 is 15.1 Å². The number of likely N-dealkylation sites (tertiary alicyclic amines) is 1. The molecule has 0 saturated carbocycles. The molecule has 1 fully saturated rings. The van der Waals surface area contributed by atoms with Gasteiger partial charge in [0.05, 0.1) is 6.42 Å². The maximum atomic E-state index is 10.3. The summed E-state index contributed by atoms with van der Waals surface area (Å²) < 4.78 is 0. The molecule has 1 rings (SSSR count). The second-order valence-corrected chi connectivity index (χ2v) is 3.82. The van der Waals surface area contributed by atoms with Crippen molar-refractivity contribution in [2.75, 3.05) is 26.2 Å². The highest BCUT2D eigenvalue weighted by molar-refractivity contribution is 5.66. The van der Waals surface area contributed by atoms with Crippen molar-refractivity contribution < 1.29 is 15.0 Å². The minimum absolute atomic E-state index is 0.199. The summed E-state index contributed by atoms with van der Waals surface area (Å²) in [6.45, 7) is 4.67. The van der Waals surface area contributed by atoms with Crippen molar-refractivity contribution in [3.8, 4) is 0 Å². The van der Waals surface area contributed by atoms with E-state index in [9.17, 15) is 4.79 Å². The van der Waals surface area contributed by atoms with Gasteiger partial charge in [-0.2, -0.15) is 0 Å². The molecule has 4 nitrogen and oxygen atoms in total. The molecule has 2 atom stereocenters. The third kappa shape index (κ3) is 2.97. The van der Waals surface area contributed by atoms with E-state index in [2.05, 4.69) is 11.8 Å². The lowest BCUT2D eigenvalue weighted by molar-refractivity contribution is -0.137. The zero-order chi connectivity index (χ0) is 9.84. The van der Waals surface area contributed by atoms with Gasteiger partial charge in [-0.05, 0) is 11.8 Å². The summed E-state index contributed by atoms with van der Waals surface area (Å²) in [7, 11) is 0. The predicted molar refractivity (Wildman–Crippen MR) is 48.4 cm³/mol. The Labute approximate surface area is 78.2 Å². The SMILES string of the molecule is CC1CN(CCC(=O)O)CC1CO. The number of carboxylic acid groups (broad SMARTS) is 1. The van der Waals surface area contributed by atoms with Crippen LogP contribution in [0.4, 0.5) is 0 Å². The standard InChI is InChI=1S/C9H17NO3/c1-7-4-10(3-2-9(12)13)5-8(7)6-11/h7-8,11H,2-6H2,1H3,(H,12,13). The first-order chi connectivity index (χ1) is 6.13. The van der Waals surface area contributed by atoms with Gasteiger partial charge in [-0.1, -0.05) is 6.92 Å². The number of rotatable bonds is 4. The second kappa shape index (κ2) is 4.58. The largest absolute Gasteiger partial charge is 0.481 e. The highest BCUT2D eigenvalue weighted by atomic mass is 16.4. The molecule has 1 saturated heterocycles. The highest BCUT2D eigenvalue weighted by Crippen LogP contribution is 2.21. The number of carboxylic acids is 1. The molecule has 0 aromatic heterocycles. The number of nitrogens with zero attached hydrogens (tertiary/aromatic N) is 1. The van der Waals surface area contributed by atoms with Crippen LogP contribution in [-0.4, -0.2) is 47.3 Å². The molecule has 0 spiro atoms. The lowest BCUT2D eigenvalue weighted by Gasteiger charge is -2.13. The molecule has 0 amide bonds. The molecule has 0 aromatic rings. The van der Waals surface area contributed by atoms with Gasteiger partial charge in [-0.15, -0.1) is 0 Å². The summed E-state index contributed by atoms with van der Waals surface area (Å²) in [4.78, 5) is 12.4. The Bertz CT molecular complexity index is 184. The van der Waals surface area contributed by atoms with Crippen molar-refractivity contribution in [2.24, 2.45) is 11.8 Å². The van der Waals surface area contributed by atoms with Crippen molar-refractivity contribution in [3.05, 3.63) is 0 Å². The lowest BCUT2D eigenvalue weighted by atomic mass is 10.00. The molecule has 2 N–H and O–H groups in total. The first kappa shape index (κ1) is 10.5. The molecular formula is C9H17NO3. The number of aliphatic carboxylic acids is 1. The number of aliphatic hydroxyl groups excluding tert-OH is 1. The van der Waals surface area contributed by atoms with E-state index in [1.54, 1.807) is 0 Å². The maximum absolute atomic E-state index is 10.3. The molecule has 0 aliphatic carbocycles. The van der Waals surface area contributed by atoms with Gasteiger partial charge in [-0.3, -0.25) is 4.79 Å². The summed E-state index contributed by atoms with van der Waals surface area (Å²) in [6, 6.07) is 0. The van der Waals surface area contributed by atoms with Crippen LogP contribution in [0.2, 0.25) is 0 Å². The van der Waals surface area contributed by atoms with Gasteiger partial charge in [0.1, 0.15) is 0 Å². The maximum Gasteiger partial charge on any atom is 0.304 e. The van der Waals surface area contributed by atoms with Crippen LogP contribution in [0.15, 0.2) is 0 Å². The predicted octanol–water partition coefficient (Wildman–Crippen LogP) is 0.0213. The lowest BCUT2D eigenvalue weighted by Crippen LogP contribution is -2.24. The van der Waals surface area contributed by atoms with E-state index in [1.807, 2.05) is 0 Å². The summed E-state index contributed by atoms with van der Waals surface area (Å²) >= 11 is 0. The molecule has 1 aliphatic rings. The minimum Gasteiger partial charge on any atom is -0.481 e. The molecule has 76 valence electrons. The first-order valence-corrected chi connectivity index (χ1v) is 4.68. The molecule has 2 unspecified atom stereocenters. The Kier molecular flexibility index (Phi) is 3.69. The molecule has 0 bridgehead atoms. The zero-order valence-corrected chi connectivity index (χ0v) is 7.94. The molecule has 1 heterocycles. The van der Waals surface area contributed by atoms with E-state index in [4.69, 9.17) is 10.2 Å². The summed E-state index contributed by atoms with van der Waals surface area (Å²) in [5.74, 6) is 0.0627. The van der Waals surface area contributed by atoms with Crippen LogP contribution < -0.4 is 0 Å². The third-order valence-electron chi connectivity index (χ3n) is 2.72. The van der Waals surface area contributed by atoms with Crippen molar-refractivity contribution in [2.45, 2.75) is 13.3 Å². The Morgan fingerprint density at radius 3 is 2.69 bits per heavy atom. The number of hydrogen-bond donors (Lipinski definition) is 2. The van der Waals surface area contributed by atoms with Crippen molar-refractivity contribution in [1.82, 2.24) is 4.90 Å². The summed E-state index contributed by atoms with van der Waals surface area (Å²) in [5, 5.41) is 17.5. The fourth-order valence-corrected chi connectivity index (χ4v) is 1.82. The smallest absolute Gasteiger partial charge is 0.304 e.